The lowest BCUT2D eigenvalue weighted by molar-refractivity contribution is -0.123. The van der Waals surface area contributed by atoms with Gasteiger partial charge in [-0.2, -0.15) is 0 Å². The smallest absolute Gasteiger partial charge is 0.420 e. The van der Waals surface area contributed by atoms with Crippen LogP contribution in [0.15, 0.2) is 48.5 Å². The van der Waals surface area contributed by atoms with Gasteiger partial charge in [-0.05, 0) is 36.4 Å². The van der Waals surface area contributed by atoms with Crippen LogP contribution in [0.2, 0.25) is 0 Å². The summed E-state index contributed by atoms with van der Waals surface area (Å²) in [5.74, 6) is -1.24. The molecule has 0 bridgehead atoms. The maximum atomic E-state index is 14.0. The zero-order valence-electron chi connectivity index (χ0n) is 16.3. The van der Waals surface area contributed by atoms with Gasteiger partial charge in [-0.15, -0.1) is 8.78 Å². The standard InChI is InChI=1S/C21H19ClF3N3O3/c22-21(24,25)31-15-7-5-14(6-8-15)28-19(29)13-18(20(28)30)27-11-9-26(10-12-27)17-4-2-1-3-16(17)23/h1-8,18H,9-13H2/t18-/m1/s1. The van der Waals surface area contributed by atoms with Crippen LogP contribution >= 0.6 is 11.6 Å². The molecule has 2 amide bonds. The first-order chi connectivity index (χ1) is 14.7. The molecule has 2 aliphatic heterocycles. The average molecular weight is 454 g/mol. The Labute approximate surface area is 181 Å². The van der Waals surface area contributed by atoms with Crippen LogP contribution in [0.5, 0.6) is 5.75 Å². The van der Waals surface area contributed by atoms with Crippen LogP contribution in [0.4, 0.5) is 24.5 Å². The van der Waals surface area contributed by atoms with Crippen molar-refractivity contribution in [3.63, 3.8) is 0 Å². The summed E-state index contributed by atoms with van der Waals surface area (Å²) in [5.41, 5.74) is -3.06. The summed E-state index contributed by atoms with van der Waals surface area (Å²) >= 11 is 4.74. The number of nitrogens with zero attached hydrogens (tertiary/aromatic N) is 3. The first kappa shape index (κ1) is 21.5. The number of hydrogen-bond donors (Lipinski definition) is 0. The van der Waals surface area contributed by atoms with E-state index in [0.29, 0.717) is 31.9 Å². The van der Waals surface area contributed by atoms with E-state index in [1.807, 2.05) is 9.80 Å². The quantitative estimate of drug-likeness (QED) is 0.513. The molecule has 1 atom stereocenters. The number of rotatable bonds is 5. The number of carbonyl (C=O) groups excluding carboxylic acids is 2. The van der Waals surface area contributed by atoms with Crippen LogP contribution in [0.3, 0.4) is 0 Å². The molecule has 2 saturated heterocycles. The fourth-order valence-electron chi connectivity index (χ4n) is 3.95. The molecule has 2 heterocycles. The normalized spacial score (nSPS) is 20.5. The van der Waals surface area contributed by atoms with Gasteiger partial charge in [0.1, 0.15) is 11.6 Å². The predicted molar refractivity (Wildman–Crippen MR) is 109 cm³/mol. The fourth-order valence-corrected chi connectivity index (χ4v) is 4.04. The van der Waals surface area contributed by atoms with Crippen molar-refractivity contribution in [2.75, 3.05) is 36.0 Å². The second-order valence-electron chi connectivity index (χ2n) is 7.30. The van der Waals surface area contributed by atoms with Crippen molar-refractivity contribution in [1.82, 2.24) is 4.90 Å². The van der Waals surface area contributed by atoms with Crippen LogP contribution in [-0.2, 0) is 9.59 Å². The van der Waals surface area contributed by atoms with Crippen LogP contribution < -0.4 is 14.5 Å². The minimum Gasteiger partial charge on any atom is -0.420 e. The number of halogens is 4. The van der Waals surface area contributed by atoms with Crippen LogP contribution in [-0.4, -0.2) is 54.5 Å². The molecule has 2 aromatic rings. The molecule has 2 aliphatic rings. The van der Waals surface area contributed by atoms with Gasteiger partial charge in [-0.25, -0.2) is 9.29 Å². The lowest BCUT2D eigenvalue weighted by Crippen LogP contribution is -2.52. The number of carbonyl (C=O) groups is 2. The van der Waals surface area contributed by atoms with Crippen LogP contribution in [0, 0.1) is 5.82 Å². The lowest BCUT2D eigenvalue weighted by atomic mass is 10.1. The summed E-state index contributed by atoms with van der Waals surface area (Å²) in [4.78, 5) is 30.4. The summed E-state index contributed by atoms with van der Waals surface area (Å²) < 4.78 is 43.8. The largest absolute Gasteiger partial charge is 0.487 e. The highest BCUT2D eigenvalue weighted by Gasteiger charge is 2.43. The van der Waals surface area contributed by atoms with E-state index in [9.17, 15) is 22.8 Å². The molecular formula is C21H19ClF3N3O3. The van der Waals surface area contributed by atoms with E-state index in [0.717, 1.165) is 4.90 Å². The molecule has 2 aromatic carbocycles. The van der Waals surface area contributed by atoms with Gasteiger partial charge in [0.15, 0.2) is 0 Å². The topological polar surface area (TPSA) is 53.1 Å². The number of anilines is 2. The Balaban J connectivity index is 1.41. The van der Waals surface area contributed by atoms with Crippen molar-refractivity contribution >= 4 is 34.8 Å². The second-order valence-corrected chi connectivity index (χ2v) is 7.74. The number of para-hydroxylation sites is 1. The van der Waals surface area contributed by atoms with E-state index in [1.165, 1.54) is 30.3 Å². The van der Waals surface area contributed by atoms with E-state index >= 15 is 0 Å². The Morgan fingerprint density at radius 2 is 1.61 bits per heavy atom. The van der Waals surface area contributed by atoms with Crippen molar-refractivity contribution in [1.29, 1.82) is 0 Å². The maximum absolute atomic E-state index is 14.0. The summed E-state index contributed by atoms with van der Waals surface area (Å²) in [6.07, 6.45) is 0.0243. The van der Waals surface area contributed by atoms with Gasteiger partial charge in [0.25, 0.3) is 5.91 Å². The maximum Gasteiger partial charge on any atom is 0.487 e. The number of piperazine rings is 1. The molecule has 6 nitrogen and oxygen atoms in total. The Bertz CT molecular complexity index is 976. The number of ether oxygens (including phenoxy) is 1. The summed E-state index contributed by atoms with van der Waals surface area (Å²) in [7, 11) is 0. The molecule has 164 valence electrons. The van der Waals surface area contributed by atoms with Gasteiger partial charge in [0, 0.05) is 37.8 Å². The second kappa shape index (κ2) is 8.39. The van der Waals surface area contributed by atoms with Gasteiger partial charge in [0.05, 0.1) is 23.8 Å². The molecule has 4 rings (SSSR count). The number of benzene rings is 2. The number of alkyl halides is 3. The van der Waals surface area contributed by atoms with E-state index in [2.05, 4.69) is 4.74 Å². The van der Waals surface area contributed by atoms with Crippen molar-refractivity contribution in [2.45, 2.75) is 18.0 Å². The van der Waals surface area contributed by atoms with Gasteiger partial charge in [0.2, 0.25) is 5.91 Å². The summed E-state index contributed by atoms with van der Waals surface area (Å²) in [5, 5.41) is 0. The van der Waals surface area contributed by atoms with E-state index in [-0.39, 0.29) is 35.5 Å². The third-order valence-electron chi connectivity index (χ3n) is 5.40. The zero-order chi connectivity index (χ0) is 22.2. The van der Waals surface area contributed by atoms with Gasteiger partial charge < -0.3 is 9.64 Å². The molecule has 0 radical (unpaired) electrons. The predicted octanol–water partition coefficient (Wildman–Crippen LogP) is 3.45. The molecule has 0 N–H and O–H groups in total. The Morgan fingerprint density at radius 1 is 0.968 bits per heavy atom. The highest BCUT2D eigenvalue weighted by Crippen LogP contribution is 2.31. The van der Waals surface area contributed by atoms with Crippen LogP contribution in [0.1, 0.15) is 6.42 Å². The van der Waals surface area contributed by atoms with E-state index in [4.69, 9.17) is 11.6 Å². The molecule has 0 spiro atoms. The van der Waals surface area contributed by atoms with Gasteiger partial charge >= 0.3 is 5.57 Å². The third-order valence-corrected chi connectivity index (χ3v) is 5.48. The Hall–Kier alpha value is -2.78. The van der Waals surface area contributed by atoms with Gasteiger partial charge in [-0.3, -0.25) is 14.5 Å². The fraction of sp³-hybridized carbons (Fsp3) is 0.333. The summed E-state index contributed by atoms with van der Waals surface area (Å²) in [6.45, 7) is 2.06. The Kier molecular flexibility index (Phi) is 5.81. The van der Waals surface area contributed by atoms with Gasteiger partial charge in [-0.1, -0.05) is 12.1 Å². The zero-order valence-corrected chi connectivity index (χ0v) is 17.1. The highest BCUT2D eigenvalue weighted by atomic mass is 35.5. The molecule has 0 aliphatic carbocycles. The first-order valence-corrected chi connectivity index (χ1v) is 10.1. The minimum absolute atomic E-state index is 0.0243. The van der Waals surface area contributed by atoms with Crippen molar-refractivity contribution in [2.24, 2.45) is 0 Å². The van der Waals surface area contributed by atoms with Crippen LogP contribution in [0.25, 0.3) is 0 Å². The molecular weight excluding hydrogens is 435 g/mol. The molecule has 0 unspecified atom stereocenters. The summed E-state index contributed by atoms with van der Waals surface area (Å²) in [6, 6.07) is 11.0. The highest BCUT2D eigenvalue weighted by molar-refractivity contribution is 6.22. The molecule has 31 heavy (non-hydrogen) atoms. The van der Waals surface area contributed by atoms with Crippen molar-refractivity contribution < 1.29 is 27.5 Å². The molecule has 2 fully saturated rings. The number of amides is 2. The SMILES string of the molecule is O=C1C[C@@H](N2CCN(c3ccccc3F)CC2)C(=O)N1c1ccc(OC(F)(F)Cl)cc1. The third kappa shape index (κ3) is 4.62. The molecule has 0 aromatic heterocycles. The number of hydrogen-bond acceptors (Lipinski definition) is 5. The lowest BCUT2D eigenvalue weighted by Gasteiger charge is -2.38. The molecule has 10 heteroatoms. The minimum atomic E-state index is -3.85. The van der Waals surface area contributed by atoms with Crippen molar-refractivity contribution in [3.05, 3.63) is 54.3 Å². The Morgan fingerprint density at radius 3 is 2.23 bits per heavy atom. The molecule has 0 saturated carbocycles. The monoisotopic (exact) mass is 453 g/mol. The number of imide groups is 1. The van der Waals surface area contributed by atoms with E-state index in [1.54, 1.807) is 18.2 Å². The first-order valence-electron chi connectivity index (χ1n) is 9.69. The van der Waals surface area contributed by atoms with E-state index < -0.39 is 11.6 Å². The van der Waals surface area contributed by atoms with Crippen molar-refractivity contribution in [3.8, 4) is 5.75 Å². The average Bonchev–Trinajstić information content (AvgIpc) is 3.02.